The fourth-order valence-corrected chi connectivity index (χ4v) is 4.41. The maximum Gasteiger partial charge on any atom is 0.244 e. The van der Waals surface area contributed by atoms with Crippen LogP contribution in [0.2, 0.25) is 5.02 Å². The number of amides is 2. The van der Waals surface area contributed by atoms with Gasteiger partial charge in [-0.05, 0) is 61.1 Å². The topological polar surface area (TPSA) is 52.7 Å². The average molecular weight is 412 g/mol. The zero-order chi connectivity index (χ0) is 20.2. The quantitative estimate of drug-likeness (QED) is 0.830. The predicted octanol–water partition coefficient (Wildman–Crippen LogP) is 3.89. The van der Waals surface area contributed by atoms with Crippen LogP contribution in [-0.4, -0.2) is 47.8 Å². The van der Waals surface area contributed by atoms with Gasteiger partial charge in [-0.15, -0.1) is 0 Å². The first-order valence-electron chi connectivity index (χ1n) is 10.3. The van der Waals surface area contributed by atoms with E-state index in [0.717, 1.165) is 37.9 Å². The Kier molecular flexibility index (Phi) is 6.16. The maximum absolute atomic E-state index is 13.4. The van der Waals surface area contributed by atoms with Gasteiger partial charge in [0.25, 0.3) is 0 Å². The zero-order valence-electron chi connectivity index (χ0n) is 16.4. The molecule has 4 rings (SSSR count). The van der Waals surface area contributed by atoms with E-state index >= 15 is 0 Å². The largest absolute Gasteiger partial charge is 0.341 e. The van der Waals surface area contributed by atoms with Crippen molar-refractivity contribution in [2.45, 2.75) is 31.7 Å². The van der Waals surface area contributed by atoms with E-state index in [2.05, 4.69) is 11.4 Å². The van der Waals surface area contributed by atoms with E-state index in [4.69, 9.17) is 11.6 Å². The van der Waals surface area contributed by atoms with Crippen LogP contribution in [0.15, 0.2) is 48.5 Å². The second-order valence-corrected chi connectivity index (χ2v) is 8.20. The van der Waals surface area contributed by atoms with Crippen LogP contribution in [0, 0.1) is 0 Å². The van der Waals surface area contributed by atoms with E-state index in [1.54, 1.807) is 24.3 Å². The number of nitrogens with one attached hydrogen (secondary N) is 1. The van der Waals surface area contributed by atoms with Gasteiger partial charge in [-0.1, -0.05) is 35.9 Å². The third kappa shape index (κ3) is 4.62. The molecule has 2 heterocycles. The van der Waals surface area contributed by atoms with Crippen LogP contribution < -0.4 is 5.32 Å². The first kappa shape index (κ1) is 19.9. The summed E-state index contributed by atoms with van der Waals surface area (Å²) in [5.41, 5.74) is 2.95. The molecule has 5 nitrogen and oxygen atoms in total. The molecule has 2 amide bonds. The highest BCUT2D eigenvalue weighted by Crippen LogP contribution is 2.32. The molecule has 2 aliphatic heterocycles. The second kappa shape index (κ2) is 8.97. The van der Waals surface area contributed by atoms with Gasteiger partial charge in [-0.3, -0.25) is 14.5 Å². The minimum atomic E-state index is -0.394. The van der Waals surface area contributed by atoms with E-state index < -0.39 is 6.04 Å². The predicted molar refractivity (Wildman–Crippen MR) is 115 cm³/mol. The molecule has 0 unspecified atom stereocenters. The number of likely N-dealkylation sites (tertiary alicyclic amines) is 1. The third-order valence-electron chi connectivity index (χ3n) is 5.76. The molecule has 1 atom stereocenters. The molecule has 6 heteroatoms. The van der Waals surface area contributed by atoms with Crippen molar-refractivity contribution in [2.24, 2.45) is 0 Å². The number of nitrogens with zero attached hydrogens (tertiary/aromatic N) is 2. The lowest BCUT2D eigenvalue weighted by molar-refractivity contribution is -0.139. The second-order valence-electron chi connectivity index (χ2n) is 7.76. The summed E-state index contributed by atoms with van der Waals surface area (Å²) < 4.78 is 0. The molecule has 0 radical (unpaired) electrons. The van der Waals surface area contributed by atoms with Crippen molar-refractivity contribution in [2.75, 3.05) is 31.5 Å². The van der Waals surface area contributed by atoms with Crippen LogP contribution in [0.5, 0.6) is 0 Å². The van der Waals surface area contributed by atoms with Crippen molar-refractivity contribution in [1.29, 1.82) is 0 Å². The summed E-state index contributed by atoms with van der Waals surface area (Å²) in [4.78, 5) is 30.1. The zero-order valence-corrected chi connectivity index (χ0v) is 17.2. The first-order chi connectivity index (χ1) is 14.1. The number of rotatable bonds is 4. The Labute approximate surface area is 176 Å². The molecular formula is C23H26ClN3O2. The van der Waals surface area contributed by atoms with Crippen LogP contribution in [0.1, 0.15) is 36.4 Å². The van der Waals surface area contributed by atoms with Crippen molar-refractivity contribution >= 4 is 29.1 Å². The Morgan fingerprint density at radius 3 is 2.45 bits per heavy atom. The van der Waals surface area contributed by atoms with Gasteiger partial charge in [-0.25, -0.2) is 0 Å². The highest BCUT2D eigenvalue weighted by molar-refractivity contribution is 6.30. The van der Waals surface area contributed by atoms with Crippen LogP contribution in [0.25, 0.3) is 0 Å². The normalized spacial score (nSPS) is 19.5. The first-order valence-corrected chi connectivity index (χ1v) is 10.7. The summed E-state index contributed by atoms with van der Waals surface area (Å²) in [6, 6.07) is 14.8. The number of anilines is 1. The molecule has 0 aliphatic carbocycles. The number of carbonyl (C=O) groups is 2. The van der Waals surface area contributed by atoms with Crippen molar-refractivity contribution < 1.29 is 9.59 Å². The molecule has 2 aromatic rings. The molecular weight excluding hydrogens is 386 g/mol. The fraction of sp³-hybridized carbons (Fsp3) is 0.391. The van der Waals surface area contributed by atoms with Crippen molar-refractivity contribution in [3.63, 3.8) is 0 Å². The summed E-state index contributed by atoms with van der Waals surface area (Å²) in [5.74, 6) is -0.000657. The Morgan fingerprint density at radius 1 is 0.966 bits per heavy atom. The number of hydrogen-bond acceptors (Lipinski definition) is 3. The number of halogens is 1. The number of hydrogen-bond donors (Lipinski definition) is 1. The van der Waals surface area contributed by atoms with Crippen LogP contribution in [0.3, 0.4) is 0 Å². The molecule has 1 N–H and O–H groups in total. The number of fused-ring (bicyclic) bond motifs is 1. The number of benzene rings is 2. The van der Waals surface area contributed by atoms with Crippen LogP contribution in [-0.2, 0) is 16.0 Å². The molecule has 1 fully saturated rings. The monoisotopic (exact) mass is 411 g/mol. The van der Waals surface area contributed by atoms with Crippen molar-refractivity contribution in [3.8, 4) is 0 Å². The third-order valence-corrected chi connectivity index (χ3v) is 6.01. The van der Waals surface area contributed by atoms with Crippen LogP contribution in [0.4, 0.5) is 5.69 Å². The summed E-state index contributed by atoms with van der Waals surface area (Å²) >= 11 is 5.92. The minimum Gasteiger partial charge on any atom is -0.341 e. The summed E-state index contributed by atoms with van der Waals surface area (Å²) in [7, 11) is 0. The highest BCUT2D eigenvalue weighted by atomic mass is 35.5. The Balaban J connectivity index is 1.53. The molecule has 1 saturated heterocycles. The smallest absolute Gasteiger partial charge is 0.244 e. The molecule has 0 aromatic heterocycles. The van der Waals surface area contributed by atoms with Gasteiger partial charge < -0.3 is 10.2 Å². The van der Waals surface area contributed by atoms with Gasteiger partial charge in [0.05, 0.1) is 6.54 Å². The van der Waals surface area contributed by atoms with Crippen LogP contribution >= 0.6 is 11.6 Å². The van der Waals surface area contributed by atoms with E-state index in [9.17, 15) is 9.59 Å². The van der Waals surface area contributed by atoms with Gasteiger partial charge in [0.15, 0.2) is 0 Å². The van der Waals surface area contributed by atoms with Gasteiger partial charge in [0.1, 0.15) is 6.04 Å². The molecule has 2 aromatic carbocycles. The standard InChI is InChI=1S/C23H26ClN3O2/c24-18-8-10-19(11-9-18)25-21(28)16-27-15-12-17-6-2-3-7-20(17)22(27)23(29)26-13-4-1-5-14-26/h2-3,6-11,22H,1,4-5,12-16H2,(H,25,28)/t22-/m0/s1. The molecule has 152 valence electrons. The Morgan fingerprint density at radius 2 is 1.69 bits per heavy atom. The molecule has 2 aliphatic rings. The highest BCUT2D eigenvalue weighted by Gasteiger charge is 2.36. The summed E-state index contributed by atoms with van der Waals surface area (Å²) in [5, 5.41) is 3.54. The summed E-state index contributed by atoms with van der Waals surface area (Å²) in [6.07, 6.45) is 4.13. The van der Waals surface area contributed by atoms with Gasteiger partial charge in [0, 0.05) is 30.3 Å². The molecule has 0 spiro atoms. The SMILES string of the molecule is O=C(CN1CCc2ccccc2[C@H]1C(=O)N1CCCCC1)Nc1ccc(Cl)cc1. The average Bonchev–Trinajstić information content (AvgIpc) is 2.75. The van der Waals surface area contributed by atoms with Crippen molar-refractivity contribution in [3.05, 3.63) is 64.7 Å². The lowest BCUT2D eigenvalue weighted by Gasteiger charge is -2.39. The lowest BCUT2D eigenvalue weighted by atomic mass is 9.91. The molecule has 29 heavy (non-hydrogen) atoms. The maximum atomic E-state index is 13.4. The Hall–Kier alpha value is -2.37. The lowest BCUT2D eigenvalue weighted by Crippen LogP contribution is -2.49. The van der Waals surface area contributed by atoms with Crippen molar-refractivity contribution in [1.82, 2.24) is 9.80 Å². The van der Waals surface area contributed by atoms with E-state index in [1.165, 1.54) is 12.0 Å². The Bertz CT molecular complexity index is 878. The number of carbonyl (C=O) groups excluding carboxylic acids is 2. The van der Waals surface area contributed by atoms with E-state index in [-0.39, 0.29) is 18.4 Å². The molecule has 0 bridgehead atoms. The van der Waals surface area contributed by atoms with Gasteiger partial charge in [0.2, 0.25) is 11.8 Å². The fourth-order valence-electron chi connectivity index (χ4n) is 4.28. The van der Waals surface area contributed by atoms with Gasteiger partial charge >= 0.3 is 0 Å². The number of piperidine rings is 1. The van der Waals surface area contributed by atoms with E-state index in [1.807, 2.05) is 28.0 Å². The summed E-state index contributed by atoms with van der Waals surface area (Å²) in [6.45, 7) is 2.49. The molecule has 0 saturated carbocycles. The van der Waals surface area contributed by atoms with Gasteiger partial charge in [-0.2, -0.15) is 0 Å². The minimum absolute atomic E-state index is 0.121. The van der Waals surface area contributed by atoms with E-state index in [0.29, 0.717) is 17.3 Å².